The van der Waals surface area contributed by atoms with Gasteiger partial charge in [-0.3, -0.25) is 4.79 Å². The van der Waals surface area contributed by atoms with Crippen molar-refractivity contribution >= 4 is 24.0 Å². The molecular weight excluding hydrogens is 288 g/mol. The average Bonchev–Trinajstić information content (AvgIpc) is 2.41. The molecule has 1 amide bonds. The van der Waals surface area contributed by atoms with Crippen LogP contribution < -0.4 is 15.4 Å². The molecule has 0 radical (unpaired) electrons. The van der Waals surface area contributed by atoms with Crippen molar-refractivity contribution in [2.45, 2.75) is 51.7 Å². The third-order valence-corrected chi connectivity index (χ3v) is 3.60. The van der Waals surface area contributed by atoms with E-state index in [1.54, 1.807) is 0 Å². The van der Waals surface area contributed by atoms with E-state index in [1.807, 2.05) is 45.0 Å². The highest BCUT2D eigenvalue weighted by Gasteiger charge is 2.34. The topological polar surface area (TPSA) is 50.4 Å². The smallest absolute Gasteiger partial charge is 0.244 e. The molecule has 1 heterocycles. The fourth-order valence-electron chi connectivity index (χ4n) is 2.41. The molecule has 1 saturated heterocycles. The number of piperidine rings is 1. The molecule has 0 bridgehead atoms. The standard InChI is InChI=1S/C16H24N2O2.ClH/c1-12(2)20-14-8-6-13(7-9-14)18-15(19)16(3)10-4-5-11-17-16;/h6-9,12,17H,4-5,10-11H2,1-3H3,(H,18,19);1H. The van der Waals surface area contributed by atoms with Crippen LogP contribution in [0.4, 0.5) is 5.69 Å². The Morgan fingerprint density at radius 3 is 2.48 bits per heavy atom. The summed E-state index contributed by atoms with van der Waals surface area (Å²) in [6.45, 7) is 6.86. The maximum atomic E-state index is 12.3. The molecule has 1 atom stereocenters. The van der Waals surface area contributed by atoms with Crippen molar-refractivity contribution in [3.8, 4) is 5.75 Å². The lowest BCUT2D eigenvalue weighted by Crippen LogP contribution is -2.54. The van der Waals surface area contributed by atoms with Crippen LogP contribution in [0.15, 0.2) is 24.3 Å². The number of hydrogen-bond acceptors (Lipinski definition) is 3. The summed E-state index contributed by atoms with van der Waals surface area (Å²) in [5.74, 6) is 0.856. The highest BCUT2D eigenvalue weighted by atomic mass is 35.5. The highest BCUT2D eigenvalue weighted by Crippen LogP contribution is 2.22. The van der Waals surface area contributed by atoms with Crippen molar-refractivity contribution < 1.29 is 9.53 Å². The Balaban J connectivity index is 0.00000220. The molecule has 1 aromatic carbocycles. The predicted molar refractivity (Wildman–Crippen MR) is 88.3 cm³/mol. The summed E-state index contributed by atoms with van der Waals surface area (Å²) < 4.78 is 5.59. The van der Waals surface area contributed by atoms with Crippen molar-refractivity contribution in [1.29, 1.82) is 0 Å². The van der Waals surface area contributed by atoms with Gasteiger partial charge in [-0.05, 0) is 70.8 Å². The van der Waals surface area contributed by atoms with Crippen LogP contribution in [-0.4, -0.2) is 24.1 Å². The molecule has 4 nitrogen and oxygen atoms in total. The molecule has 5 heteroatoms. The summed E-state index contributed by atoms with van der Waals surface area (Å²) in [5.41, 5.74) is 0.352. The fourth-order valence-corrected chi connectivity index (χ4v) is 2.41. The van der Waals surface area contributed by atoms with Gasteiger partial charge in [-0.2, -0.15) is 0 Å². The molecule has 0 spiro atoms. The van der Waals surface area contributed by atoms with Gasteiger partial charge in [0.05, 0.1) is 11.6 Å². The Morgan fingerprint density at radius 2 is 1.95 bits per heavy atom. The molecule has 21 heavy (non-hydrogen) atoms. The molecule has 118 valence electrons. The number of benzene rings is 1. The monoisotopic (exact) mass is 312 g/mol. The number of carbonyl (C=O) groups is 1. The lowest BCUT2D eigenvalue weighted by Gasteiger charge is -2.33. The van der Waals surface area contributed by atoms with E-state index in [1.165, 1.54) is 0 Å². The maximum absolute atomic E-state index is 12.3. The summed E-state index contributed by atoms with van der Waals surface area (Å²) in [5, 5.41) is 6.29. The molecule has 1 aliphatic rings. The Bertz CT molecular complexity index is 454. The van der Waals surface area contributed by atoms with Crippen LogP contribution in [0, 0.1) is 0 Å². The molecule has 1 aromatic rings. The minimum absolute atomic E-state index is 0. The Hall–Kier alpha value is -1.26. The third kappa shape index (κ3) is 4.90. The summed E-state index contributed by atoms with van der Waals surface area (Å²) >= 11 is 0. The first kappa shape index (κ1) is 17.8. The minimum Gasteiger partial charge on any atom is -0.491 e. The first-order chi connectivity index (χ1) is 9.49. The van der Waals surface area contributed by atoms with E-state index in [0.29, 0.717) is 0 Å². The van der Waals surface area contributed by atoms with E-state index >= 15 is 0 Å². The zero-order valence-corrected chi connectivity index (χ0v) is 13.8. The fraction of sp³-hybridized carbons (Fsp3) is 0.562. The van der Waals surface area contributed by atoms with E-state index in [2.05, 4.69) is 10.6 Å². The number of halogens is 1. The van der Waals surface area contributed by atoms with Crippen molar-refractivity contribution in [3.63, 3.8) is 0 Å². The molecule has 0 aliphatic carbocycles. The van der Waals surface area contributed by atoms with Crippen molar-refractivity contribution in [2.75, 3.05) is 11.9 Å². The average molecular weight is 313 g/mol. The second-order valence-corrected chi connectivity index (χ2v) is 5.86. The Kier molecular flexibility index (Phi) is 6.49. The minimum atomic E-state index is -0.453. The lowest BCUT2D eigenvalue weighted by molar-refractivity contribution is -0.122. The second kappa shape index (κ2) is 7.66. The molecule has 2 rings (SSSR count). The van der Waals surface area contributed by atoms with Crippen LogP contribution in [0.5, 0.6) is 5.75 Å². The van der Waals surface area contributed by atoms with E-state index < -0.39 is 5.54 Å². The van der Waals surface area contributed by atoms with Crippen LogP contribution in [0.25, 0.3) is 0 Å². The molecule has 1 unspecified atom stereocenters. The van der Waals surface area contributed by atoms with Gasteiger partial charge in [0, 0.05) is 5.69 Å². The van der Waals surface area contributed by atoms with E-state index in [-0.39, 0.29) is 24.4 Å². The van der Waals surface area contributed by atoms with Gasteiger partial charge in [-0.25, -0.2) is 0 Å². The van der Waals surface area contributed by atoms with Gasteiger partial charge in [0.1, 0.15) is 5.75 Å². The van der Waals surface area contributed by atoms with Crippen molar-refractivity contribution in [3.05, 3.63) is 24.3 Å². The van der Waals surface area contributed by atoms with Gasteiger partial charge in [0.25, 0.3) is 0 Å². The summed E-state index contributed by atoms with van der Waals surface area (Å²) in [7, 11) is 0. The van der Waals surface area contributed by atoms with E-state index in [4.69, 9.17) is 4.74 Å². The Morgan fingerprint density at radius 1 is 1.29 bits per heavy atom. The first-order valence-corrected chi connectivity index (χ1v) is 7.33. The largest absolute Gasteiger partial charge is 0.491 e. The highest BCUT2D eigenvalue weighted by molar-refractivity contribution is 5.97. The van der Waals surface area contributed by atoms with Crippen LogP contribution in [0.2, 0.25) is 0 Å². The molecule has 1 aliphatic heterocycles. The van der Waals surface area contributed by atoms with Crippen LogP contribution in [-0.2, 0) is 4.79 Å². The van der Waals surface area contributed by atoms with Gasteiger partial charge >= 0.3 is 0 Å². The number of nitrogens with one attached hydrogen (secondary N) is 2. The van der Waals surface area contributed by atoms with Gasteiger partial charge in [-0.1, -0.05) is 0 Å². The first-order valence-electron chi connectivity index (χ1n) is 7.33. The maximum Gasteiger partial charge on any atom is 0.244 e. The van der Waals surface area contributed by atoms with Gasteiger partial charge in [-0.15, -0.1) is 12.4 Å². The number of anilines is 1. The van der Waals surface area contributed by atoms with Crippen LogP contribution in [0.1, 0.15) is 40.0 Å². The lowest BCUT2D eigenvalue weighted by atomic mass is 9.90. The number of ether oxygens (including phenoxy) is 1. The number of hydrogen-bond donors (Lipinski definition) is 2. The number of carbonyl (C=O) groups excluding carboxylic acids is 1. The SMILES string of the molecule is CC(C)Oc1ccc(NC(=O)C2(C)CCCCN2)cc1.Cl. The van der Waals surface area contributed by atoms with Crippen molar-refractivity contribution in [1.82, 2.24) is 5.32 Å². The van der Waals surface area contributed by atoms with Crippen molar-refractivity contribution in [2.24, 2.45) is 0 Å². The van der Waals surface area contributed by atoms with Gasteiger partial charge in [0.2, 0.25) is 5.91 Å². The van der Waals surface area contributed by atoms with Gasteiger partial charge < -0.3 is 15.4 Å². The van der Waals surface area contributed by atoms with Crippen LogP contribution in [0.3, 0.4) is 0 Å². The molecule has 0 aromatic heterocycles. The summed E-state index contributed by atoms with van der Waals surface area (Å²) in [4.78, 5) is 12.3. The molecular formula is C16H25ClN2O2. The van der Waals surface area contributed by atoms with Crippen LogP contribution >= 0.6 is 12.4 Å². The van der Waals surface area contributed by atoms with Gasteiger partial charge in [0.15, 0.2) is 0 Å². The molecule has 2 N–H and O–H groups in total. The van der Waals surface area contributed by atoms with E-state index in [0.717, 1.165) is 37.2 Å². The predicted octanol–water partition coefficient (Wildman–Crippen LogP) is 3.37. The summed E-state index contributed by atoms with van der Waals surface area (Å²) in [6.07, 6.45) is 3.27. The molecule has 0 saturated carbocycles. The second-order valence-electron chi connectivity index (χ2n) is 5.86. The number of amides is 1. The quantitative estimate of drug-likeness (QED) is 0.896. The Labute approximate surface area is 133 Å². The summed E-state index contributed by atoms with van der Waals surface area (Å²) in [6, 6.07) is 7.52. The number of rotatable bonds is 4. The zero-order valence-electron chi connectivity index (χ0n) is 12.9. The normalized spacial score (nSPS) is 21.5. The zero-order chi connectivity index (χ0) is 14.6. The third-order valence-electron chi connectivity index (χ3n) is 3.60. The molecule has 1 fully saturated rings. The van der Waals surface area contributed by atoms with E-state index in [9.17, 15) is 4.79 Å².